The Morgan fingerprint density at radius 3 is 1.87 bits per heavy atom. The lowest BCUT2D eigenvalue weighted by molar-refractivity contribution is -0.158. The fraction of sp³-hybridized carbons (Fsp3) is 0.630. The van der Waals surface area contributed by atoms with Gasteiger partial charge in [-0.05, 0) is 42.9 Å². The first-order chi connectivity index (χ1) is 18.0. The summed E-state index contributed by atoms with van der Waals surface area (Å²) in [6, 6.07) is 3.33. The molecule has 1 rings (SSSR count). The van der Waals surface area contributed by atoms with Crippen molar-refractivity contribution in [3.05, 3.63) is 23.8 Å². The quantitative estimate of drug-likeness (QED) is 0.190. The molecule has 0 bridgehead atoms. The first-order valence-corrected chi connectivity index (χ1v) is 12.9. The standard InChI is InChI=1S/C27H41NO10/c1-7-17(4)14-34-26(31)37-22-11-10-20(13-23(22)38-27(32)35-15-18(5)8-2)12-21(28)25(30)36-19(6)16-33-24(29)9-3/h10-11,13,17-19,21H,7-9,12,14-16,28H2,1-6H3/t17?,18?,19-,21-/m0/s1. The van der Waals surface area contributed by atoms with E-state index in [0.717, 1.165) is 12.8 Å². The van der Waals surface area contributed by atoms with Crippen LogP contribution >= 0.6 is 0 Å². The topological polar surface area (TPSA) is 150 Å². The third-order valence-electron chi connectivity index (χ3n) is 5.60. The van der Waals surface area contributed by atoms with E-state index >= 15 is 0 Å². The van der Waals surface area contributed by atoms with Crippen molar-refractivity contribution in [3.8, 4) is 11.5 Å². The van der Waals surface area contributed by atoms with E-state index in [9.17, 15) is 19.2 Å². The van der Waals surface area contributed by atoms with Gasteiger partial charge in [-0.25, -0.2) is 9.59 Å². The normalized spacial score (nSPS) is 13.9. The molecule has 2 N–H and O–H groups in total. The van der Waals surface area contributed by atoms with E-state index in [-0.39, 0.29) is 56.0 Å². The first-order valence-electron chi connectivity index (χ1n) is 12.9. The minimum atomic E-state index is -1.06. The Morgan fingerprint density at radius 1 is 0.789 bits per heavy atom. The van der Waals surface area contributed by atoms with Crippen LogP contribution in [-0.2, 0) is 35.0 Å². The van der Waals surface area contributed by atoms with Crippen molar-refractivity contribution in [2.24, 2.45) is 17.6 Å². The molecule has 0 heterocycles. The Hall–Kier alpha value is -3.34. The molecule has 11 heteroatoms. The van der Waals surface area contributed by atoms with Crippen LogP contribution in [0.2, 0.25) is 0 Å². The Labute approximate surface area is 224 Å². The van der Waals surface area contributed by atoms with Gasteiger partial charge in [-0.2, -0.15) is 0 Å². The highest BCUT2D eigenvalue weighted by Crippen LogP contribution is 2.30. The average Bonchev–Trinajstić information content (AvgIpc) is 2.90. The fourth-order valence-electron chi connectivity index (χ4n) is 2.71. The molecule has 1 aromatic carbocycles. The van der Waals surface area contributed by atoms with Crippen molar-refractivity contribution in [2.75, 3.05) is 19.8 Å². The summed E-state index contributed by atoms with van der Waals surface area (Å²) in [5.74, 6) is -0.979. The molecule has 0 aliphatic carbocycles. The summed E-state index contributed by atoms with van der Waals surface area (Å²) in [5.41, 5.74) is 6.51. The average molecular weight is 540 g/mol. The van der Waals surface area contributed by atoms with Crippen LogP contribution in [-0.4, -0.2) is 56.2 Å². The minimum Gasteiger partial charge on any atom is -0.462 e. The summed E-state index contributed by atoms with van der Waals surface area (Å²) in [6.07, 6.45) is -0.729. The zero-order chi connectivity index (χ0) is 28.7. The molecule has 0 saturated carbocycles. The molecule has 0 fully saturated rings. The molecule has 0 radical (unpaired) electrons. The van der Waals surface area contributed by atoms with Gasteiger partial charge in [-0.3, -0.25) is 9.59 Å². The summed E-state index contributed by atoms with van der Waals surface area (Å²) < 4.78 is 31.0. The first kappa shape index (κ1) is 32.7. The minimum absolute atomic E-state index is 0.0251. The van der Waals surface area contributed by atoms with Gasteiger partial charge in [0.05, 0.1) is 13.2 Å². The highest BCUT2D eigenvalue weighted by molar-refractivity contribution is 5.76. The molecule has 2 unspecified atom stereocenters. The van der Waals surface area contributed by atoms with Crippen molar-refractivity contribution < 1.29 is 47.6 Å². The van der Waals surface area contributed by atoms with E-state index in [4.69, 9.17) is 34.2 Å². The van der Waals surface area contributed by atoms with Gasteiger partial charge < -0.3 is 34.2 Å². The molecule has 0 amide bonds. The van der Waals surface area contributed by atoms with Crippen LogP contribution in [0.5, 0.6) is 11.5 Å². The maximum Gasteiger partial charge on any atom is 0.513 e. The summed E-state index contributed by atoms with van der Waals surface area (Å²) in [4.78, 5) is 48.1. The van der Waals surface area contributed by atoms with Crippen LogP contribution in [0.15, 0.2) is 18.2 Å². The van der Waals surface area contributed by atoms with E-state index in [0.29, 0.717) is 5.56 Å². The smallest absolute Gasteiger partial charge is 0.462 e. The zero-order valence-electron chi connectivity index (χ0n) is 23.2. The second-order valence-electron chi connectivity index (χ2n) is 9.23. The van der Waals surface area contributed by atoms with Gasteiger partial charge in [0.15, 0.2) is 11.5 Å². The van der Waals surface area contributed by atoms with Crippen molar-refractivity contribution in [2.45, 2.75) is 79.4 Å². The Morgan fingerprint density at radius 2 is 1.34 bits per heavy atom. The van der Waals surface area contributed by atoms with Crippen LogP contribution in [0, 0.1) is 11.8 Å². The third kappa shape index (κ3) is 12.8. The Kier molecular flexibility index (Phi) is 14.8. The Balaban J connectivity index is 2.93. The van der Waals surface area contributed by atoms with Crippen LogP contribution in [0.25, 0.3) is 0 Å². The van der Waals surface area contributed by atoms with Crippen LogP contribution < -0.4 is 15.2 Å². The highest BCUT2D eigenvalue weighted by atomic mass is 16.7. The van der Waals surface area contributed by atoms with Gasteiger partial charge in [0, 0.05) is 6.42 Å². The van der Waals surface area contributed by atoms with Gasteiger partial charge >= 0.3 is 24.2 Å². The van der Waals surface area contributed by atoms with Gasteiger partial charge in [-0.1, -0.05) is 53.5 Å². The van der Waals surface area contributed by atoms with Crippen molar-refractivity contribution in [1.82, 2.24) is 0 Å². The van der Waals surface area contributed by atoms with Gasteiger partial charge in [0.25, 0.3) is 0 Å². The Bertz CT molecular complexity index is 919. The third-order valence-corrected chi connectivity index (χ3v) is 5.60. The molecule has 0 aromatic heterocycles. The number of nitrogens with two attached hydrogens (primary N) is 1. The largest absolute Gasteiger partial charge is 0.513 e. The number of carbonyl (C=O) groups excluding carboxylic acids is 4. The van der Waals surface area contributed by atoms with Crippen LogP contribution in [0.1, 0.15) is 66.4 Å². The molecular weight excluding hydrogens is 498 g/mol. The summed E-state index contributed by atoms with van der Waals surface area (Å²) in [7, 11) is 0. The van der Waals surface area contributed by atoms with E-state index in [1.807, 2.05) is 27.7 Å². The second-order valence-corrected chi connectivity index (χ2v) is 9.23. The molecule has 0 aliphatic rings. The molecule has 0 spiro atoms. The molecule has 0 aliphatic heterocycles. The second kappa shape index (κ2) is 17.2. The van der Waals surface area contributed by atoms with E-state index in [1.165, 1.54) is 12.1 Å². The number of rotatable bonds is 15. The number of hydrogen-bond donors (Lipinski definition) is 1. The van der Waals surface area contributed by atoms with Crippen molar-refractivity contribution in [3.63, 3.8) is 0 Å². The van der Waals surface area contributed by atoms with E-state index < -0.39 is 36.4 Å². The summed E-state index contributed by atoms with van der Waals surface area (Å²) in [5, 5.41) is 0. The van der Waals surface area contributed by atoms with Gasteiger partial charge in [0.2, 0.25) is 0 Å². The predicted molar refractivity (Wildman–Crippen MR) is 138 cm³/mol. The molecule has 4 atom stereocenters. The molecule has 1 aromatic rings. The monoisotopic (exact) mass is 539 g/mol. The summed E-state index contributed by atoms with van der Waals surface area (Å²) in [6.45, 7) is 11.3. The lowest BCUT2D eigenvalue weighted by Gasteiger charge is -2.18. The zero-order valence-corrected chi connectivity index (χ0v) is 23.2. The number of ether oxygens (including phenoxy) is 6. The van der Waals surface area contributed by atoms with Crippen molar-refractivity contribution in [1.29, 1.82) is 0 Å². The molecule has 0 saturated heterocycles. The number of esters is 2. The van der Waals surface area contributed by atoms with Gasteiger partial charge in [-0.15, -0.1) is 0 Å². The number of benzene rings is 1. The molecule has 11 nitrogen and oxygen atoms in total. The maximum absolute atomic E-state index is 12.4. The predicted octanol–water partition coefficient (Wildman–Crippen LogP) is 4.56. The van der Waals surface area contributed by atoms with E-state index in [2.05, 4.69) is 0 Å². The lowest BCUT2D eigenvalue weighted by atomic mass is 10.1. The molecule has 214 valence electrons. The number of carbonyl (C=O) groups is 4. The lowest BCUT2D eigenvalue weighted by Crippen LogP contribution is -2.37. The summed E-state index contributed by atoms with van der Waals surface area (Å²) >= 11 is 0. The SMILES string of the molecule is CCC(=O)OC[C@H](C)OC(=O)[C@@H](N)Cc1ccc(OC(=O)OCC(C)CC)c(OC(=O)OCC(C)CC)c1. The molecule has 38 heavy (non-hydrogen) atoms. The molecular formula is C27H41NO10. The highest BCUT2D eigenvalue weighted by Gasteiger charge is 2.22. The number of hydrogen-bond acceptors (Lipinski definition) is 11. The maximum atomic E-state index is 12.4. The van der Waals surface area contributed by atoms with Crippen LogP contribution in [0.4, 0.5) is 9.59 Å². The van der Waals surface area contributed by atoms with Crippen molar-refractivity contribution >= 4 is 24.2 Å². The van der Waals surface area contributed by atoms with Crippen LogP contribution in [0.3, 0.4) is 0 Å². The van der Waals surface area contributed by atoms with E-state index in [1.54, 1.807) is 19.9 Å². The fourth-order valence-corrected chi connectivity index (χ4v) is 2.71. The van der Waals surface area contributed by atoms with Gasteiger partial charge in [0.1, 0.15) is 18.8 Å².